The molecule has 0 bridgehead atoms. The van der Waals surface area contributed by atoms with E-state index in [2.05, 4.69) is 9.73 Å². The third-order valence-electron chi connectivity index (χ3n) is 3.35. The summed E-state index contributed by atoms with van der Waals surface area (Å²) in [7, 11) is 0. The molecule has 0 unspecified atom stereocenters. The number of hydrogen-bond acceptors (Lipinski definition) is 3. The average Bonchev–Trinajstić information content (AvgIpc) is 2.93. The van der Waals surface area contributed by atoms with Crippen molar-refractivity contribution in [3.63, 3.8) is 0 Å². The van der Waals surface area contributed by atoms with Crippen molar-refractivity contribution in [3.05, 3.63) is 53.5 Å². The van der Waals surface area contributed by atoms with Gasteiger partial charge in [-0.15, -0.1) is 0 Å². The number of halogens is 3. The van der Waals surface area contributed by atoms with E-state index in [-0.39, 0.29) is 25.3 Å². The number of aryl methyl sites for hydroxylation is 1. The molecule has 132 valence electrons. The van der Waals surface area contributed by atoms with Crippen LogP contribution in [0, 0.1) is 18.3 Å². The highest BCUT2D eigenvalue weighted by Crippen LogP contribution is 2.37. The molecule has 5 nitrogen and oxygen atoms in total. The lowest BCUT2D eigenvalue weighted by Crippen LogP contribution is -2.35. The van der Waals surface area contributed by atoms with Gasteiger partial charge >= 0.3 is 12.2 Å². The van der Waals surface area contributed by atoms with Gasteiger partial charge in [0.25, 0.3) is 0 Å². The number of carbonyl (C=O) groups excluding carboxylic acids is 1. The van der Waals surface area contributed by atoms with Crippen LogP contribution in [0.3, 0.4) is 0 Å². The molecule has 1 aromatic heterocycles. The van der Waals surface area contributed by atoms with Gasteiger partial charge in [-0.3, -0.25) is 0 Å². The number of furan rings is 1. The molecule has 1 N–H and O–H groups in total. The van der Waals surface area contributed by atoms with Crippen molar-refractivity contribution >= 4 is 11.7 Å². The Kier molecular flexibility index (Phi) is 5.70. The van der Waals surface area contributed by atoms with Crippen molar-refractivity contribution in [2.24, 2.45) is 0 Å². The maximum absolute atomic E-state index is 13.0. The summed E-state index contributed by atoms with van der Waals surface area (Å²) in [5, 5.41) is 11.0. The normalized spacial score (nSPS) is 11.0. The van der Waals surface area contributed by atoms with Crippen LogP contribution in [0.1, 0.15) is 23.5 Å². The number of alkyl halides is 3. The van der Waals surface area contributed by atoms with Crippen LogP contribution in [0.4, 0.5) is 23.7 Å². The molecular formula is C17H16F3N3O2. The Morgan fingerprint density at radius 1 is 1.32 bits per heavy atom. The predicted octanol–water partition coefficient (Wildman–Crippen LogP) is 4.55. The van der Waals surface area contributed by atoms with E-state index in [0.29, 0.717) is 0 Å². The van der Waals surface area contributed by atoms with E-state index in [9.17, 15) is 18.0 Å². The highest BCUT2D eigenvalue weighted by atomic mass is 19.4. The number of amides is 2. The number of nitrogens with zero attached hydrogens (tertiary/aromatic N) is 2. The number of urea groups is 1. The number of carbonyl (C=O) groups is 1. The minimum atomic E-state index is -4.71. The second-order valence-electron chi connectivity index (χ2n) is 5.34. The summed E-state index contributed by atoms with van der Waals surface area (Å²) in [5.74, 6) is -1.22. The highest BCUT2D eigenvalue weighted by molar-refractivity contribution is 5.90. The van der Waals surface area contributed by atoms with Crippen LogP contribution < -0.4 is 5.32 Å². The number of nitriles is 1. The Labute approximate surface area is 142 Å². The lowest BCUT2D eigenvalue weighted by molar-refractivity contribution is -0.152. The zero-order valence-corrected chi connectivity index (χ0v) is 13.4. The van der Waals surface area contributed by atoms with Crippen LogP contribution in [-0.2, 0) is 12.7 Å². The van der Waals surface area contributed by atoms with Crippen molar-refractivity contribution in [1.29, 1.82) is 5.26 Å². The van der Waals surface area contributed by atoms with Gasteiger partial charge in [0, 0.05) is 19.2 Å². The fourth-order valence-electron chi connectivity index (χ4n) is 2.25. The van der Waals surface area contributed by atoms with E-state index < -0.39 is 23.7 Å². The third-order valence-corrected chi connectivity index (χ3v) is 3.35. The zero-order chi connectivity index (χ0) is 18.4. The van der Waals surface area contributed by atoms with Crippen LogP contribution >= 0.6 is 0 Å². The van der Waals surface area contributed by atoms with Gasteiger partial charge in [-0.1, -0.05) is 30.3 Å². The minimum absolute atomic E-state index is 0.0364. The maximum Gasteiger partial charge on any atom is 0.451 e. The van der Waals surface area contributed by atoms with Crippen LogP contribution in [0.2, 0.25) is 0 Å². The molecule has 0 atom stereocenters. The van der Waals surface area contributed by atoms with Crippen LogP contribution in [0.15, 0.2) is 40.8 Å². The van der Waals surface area contributed by atoms with Crippen LogP contribution in [-0.4, -0.2) is 17.5 Å². The zero-order valence-electron chi connectivity index (χ0n) is 13.4. The molecule has 2 amide bonds. The summed E-state index contributed by atoms with van der Waals surface area (Å²) in [5.41, 5.74) is 0.361. The second kappa shape index (κ2) is 7.75. The van der Waals surface area contributed by atoms with Crippen LogP contribution in [0.25, 0.3) is 0 Å². The van der Waals surface area contributed by atoms with Gasteiger partial charge in [-0.25, -0.2) is 4.79 Å². The van der Waals surface area contributed by atoms with Crippen molar-refractivity contribution in [3.8, 4) is 6.07 Å². The number of hydrogen-bond donors (Lipinski definition) is 1. The number of benzene rings is 1. The first-order valence-electron chi connectivity index (χ1n) is 7.45. The number of nitrogens with one attached hydrogen (secondary N) is 1. The molecule has 25 heavy (non-hydrogen) atoms. The molecule has 0 saturated heterocycles. The molecule has 0 radical (unpaired) electrons. The summed E-state index contributed by atoms with van der Waals surface area (Å²) in [6.07, 6.45) is -4.65. The Balaban J connectivity index is 2.18. The summed E-state index contributed by atoms with van der Waals surface area (Å²) < 4.78 is 43.5. The van der Waals surface area contributed by atoms with E-state index in [0.717, 1.165) is 11.6 Å². The molecule has 1 heterocycles. The Bertz CT molecular complexity index is 764. The third kappa shape index (κ3) is 5.01. The first-order valence-corrected chi connectivity index (χ1v) is 7.45. The topological polar surface area (TPSA) is 69.3 Å². The summed E-state index contributed by atoms with van der Waals surface area (Å²) >= 11 is 0. The monoisotopic (exact) mass is 351 g/mol. The number of rotatable bonds is 5. The average molecular weight is 351 g/mol. The van der Waals surface area contributed by atoms with E-state index in [4.69, 9.17) is 5.26 Å². The molecule has 0 fully saturated rings. The fourth-order valence-corrected chi connectivity index (χ4v) is 2.25. The first-order chi connectivity index (χ1) is 11.8. The van der Waals surface area contributed by atoms with E-state index >= 15 is 0 Å². The Hall–Kier alpha value is -2.95. The van der Waals surface area contributed by atoms with Gasteiger partial charge in [0.2, 0.25) is 5.76 Å². The smallest absolute Gasteiger partial charge is 0.451 e. The predicted molar refractivity (Wildman–Crippen MR) is 84.5 cm³/mol. The summed E-state index contributed by atoms with van der Waals surface area (Å²) in [6, 6.07) is 11.3. The fraction of sp³-hybridized carbons (Fsp3) is 0.294. The molecular weight excluding hydrogens is 335 g/mol. The minimum Gasteiger partial charge on any atom is -0.455 e. The van der Waals surface area contributed by atoms with Gasteiger partial charge in [0.05, 0.1) is 18.2 Å². The molecule has 2 rings (SSSR count). The molecule has 0 aliphatic heterocycles. The highest BCUT2D eigenvalue weighted by Gasteiger charge is 2.39. The van der Waals surface area contributed by atoms with E-state index in [1.165, 1.54) is 11.8 Å². The quantitative estimate of drug-likeness (QED) is 0.859. The van der Waals surface area contributed by atoms with Gasteiger partial charge in [-0.2, -0.15) is 18.4 Å². The standard InChI is InChI=1S/C17H16F3N3O2/c1-12-10-14(15(25-12)17(18,19)20)22-16(24)23(9-5-8-21)11-13-6-3-2-4-7-13/h2-4,6-7,10H,5,9,11H2,1H3,(H,22,24). The summed E-state index contributed by atoms with van der Waals surface area (Å²) in [6.45, 7) is 1.63. The molecule has 2 aromatic rings. The van der Waals surface area contributed by atoms with Crippen molar-refractivity contribution < 1.29 is 22.4 Å². The molecule has 8 heteroatoms. The Morgan fingerprint density at radius 3 is 2.60 bits per heavy atom. The lowest BCUT2D eigenvalue weighted by Gasteiger charge is -2.22. The first kappa shape index (κ1) is 18.4. The van der Waals surface area contributed by atoms with Crippen LogP contribution in [0.5, 0.6) is 0 Å². The lowest BCUT2D eigenvalue weighted by atomic mass is 10.2. The molecule has 0 aliphatic carbocycles. The van der Waals surface area contributed by atoms with E-state index in [1.54, 1.807) is 24.3 Å². The van der Waals surface area contributed by atoms with E-state index in [1.807, 2.05) is 12.1 Å². The van der Waals surface area contributed by atoms with Gasteiger partial charge in [0.15, 0.2) is 0 Å². The summed E-state index contributed by atoms with van der Waals surface area (Å²) in [4.78, 5) is 13.7. The van der Waals surface area contributed by atoms with Crippen molar-refractivity contribution in [2.45, 2.75) is 26.1 Å². The van der Waals surface area contributed by atoms with Crippen molar-refractivity contribution in [2.75, 3.05) is 11.9 Å². The maximum atomic E-state index is 13.0. The SMILES string of the molecule is Cc1cc(NC(=O)N(CCC#N)Cc2ccccc2)c(C(F)(F)F)o1. The molecule has 0 saturated carbocycles. The molecule has 0 spiro atoms. The second-order valence-corrected chi connectivity index (χ2v) is 5.34. The molecule has 1 aromatic carbocycles. The largest absolute Gasteiger partial charge is 0.455 e. The van der Waals surface area contributed by atoms with Gasteiger partial charge in [0.1, 0.15) is 5.76 Å². The van der Waals surface area contributed by atoms with Gasteiger partial charge in [-0.05, 0) is 12.5 Å². The Morgan fingerprint density at radius 2 is 2.00 bits per heavy atom. The van der Waals surface area contributed by atoms with Gasteiger partial charge < -0.3 is 14.6 Å². The molecule has 0 aliphatic rings. The number of anilines is 1. The van der Waals surface area contributed by atoms with Crippen molar-refractivity contribution in [1.82, 2.24) is 4.90 Å².